The van der Waals surface area contributed by atoms with Gasteiger partial charge in [-0.1, -0.05) is 51.1 Å². The molecule has 0 aliphatic rings. The summed E-state index contributed by atoms with van der Waals surface area (Å²) in [6, 6.07) is 11.3. The Morgan fingerprint density at radius 1 is 1.11 bits per heavy atom. The zero-order chi connectivity index (χ0) is 14.7. The van der Waals surface area contributed by atoms with Crippen LogP contribution in [0.5, 0.6) is 0 Å². The Kier molecular flexibility index (Phi) is 4.73. The highest BCUT2D eigenvalue weighted by molar-refractivity contribution is 5.22. The van der Waals surface area contributed by atoms with E-state index < -0.39 is 17.6 Å². The van der Waals surface area contributed by atoms with Gasteiger partial charge in [-0.05, 0) is 24.3 Å². The van der Waals surface area contributed by atoms with Gasteiger partial charge < -0.3 is 10.2 Å². The number of benzene rings is 1. The van der Waals surface area contributed by atoms with Crippen molar-refractivity contribution in [2.45, 2.75) is 46.3 Å². The van der Waals surface area contributed by atoms with Gasteiger partial charge >= 0.3 is 0 Å². The van der Waals surface area contributed by atoms with Gasteiger partial charge in [0.2, 0.25) is 0 Å². The maximum atomic E-state index is 10.4. The summed E-state index contributed by atoms with van der Waals surface area (Å²) in [4.78, 5) is 0. The highest BCUT2D eigenvalue weighted by Crippen LogP contribution is 2.40. The van der Waals surface area contributed by atoms with Crippen molar-refractivity contribution in [3.8, 4) is 6.07 Å². The maximum absolute atomic E-state index is 10.4. The summed E-state index contributed by atoms with van der Waals surface area (Å²) < 4.78 is 0. The van der Waals surface area contributed by atoms with Gasteiger partial charge in [-0.3, -0.25) is 0 Å². The van der Waals surface area contributed by atoms with Crippen LogP contribution in [-0.4, -0.2) is 16.3 Å². The van der Waals surface area contributed by atoms with Crippen LogP contribution in [0.15, 0.2) is 30.3 Å². The van der Waals surface area contributed by atoms with Gasteiger partial charge in [0.25, 0.3) is 0 Å². The van der Waals surface area contributed by atoms with Crippen molar-refractivity contribution in [1.82, 2.24) is 0 Å². The summed E-state index contributed by atoms with van der Waals surface area (Å²) in [6.45, 7) is 7.46. The lowest BCUT2D eigenvalue weighted by Gasteiger charge is -2.34. The maximum Gasteiger partial charge on any atom is 0.0974 e. The fourth-order valence-corrected chi connectivity index (χ4v) is 1.93. The standard InChI is InChI=1S/C16H23NO2/c1-15(2,3)13(18)10-16(4,11-17)14(19)12-8-6-5-7-9-12/h5-9,13-14,18-19H,10H2,1-4H3/t13-,14+,16+/m0/s1. The summed E-state index contributed by atoms with van der Waals surface area (Å²) in [5, 5.41) is 30.0. The van der Waals surface area contributed by atoms with Crippen LogP contribution in [0.25, 0.3) is 0 Å². The molecule has 104 valence electrons. The van der Waals surface area contributed by atoms with Gasteiger partial charge in [-0.2, -0.15) is 5.26 Å². The molecule has 0 amide bonds. The molecule has 0 saturated heterocycles. The van der Waals surface area contributed by atoms with E-state index in [1.807, 2.05) is 39.0 Å². The van der Waals surface area contributed by atoms with Gasteiger partial charge in [0.15, 0.2) is 0 Å². The lowest BCUT2D eigenvalue weighted by Crippen LogP contribution is -2.35. The second kappa shape index (κ2) is 5.73. The van der Waals surface area contributed by atoms with Crippen molar-refractivity contribution in [2.75, 3.05) is 0 Å². The molecular weight excluding hydrogens is 238 g/mol. The van der Waals surface area contributed by atoms with Crippen LogP contribution in [0.3, 0.4) is 0 Å². The zero-order valence-corrected chi connectivity index (χ0v) is 12.1. The van der Waals surface area contributed by atoms with E-state index in [4.69, 9.17) is 0 Å². The Labute approximate surface area is 115 Å². The normalized spacial score (nSPS) is 18.2. The summed E-state index contributed by atoms with van der Waals surface area (Å²) in [5.74, 6) is 0. The van der Waals surface area contributed by atoms with Crippen LogP contribution in [0.4, 0.5) is 0 Å². The predicted octanol–water partition coefficient (Wildman–Crippen LogP) is 3.05. The van der Waals surface area contributed by atoms with Gasteiger partial charge in [0.05, 0.1) is 23.7 Å². The third-order valence-electron chi connectivity index (χ3n) is 3.59. The number of hydrogen-bond donors (Lipinski definition) is 2. The molecular formula is C16H23NO2. The molecule has 0 radical (unpaired) electrons. The first-order valence-electron chi connectivity index (χ1n) is 6.53. The smallest absolute Gasteiger partial charge is 0.0974 e. The average molecular weight is 261 g/mol. The Balaban J connectivity index is 2.96. The van der Waals surface area contributed by atoms with E-state index in [0.717, 1.165) is 0 Å². The molecule has 0 aromatic heterocycles. The van der Waals surface area contributed by atoms with Crippen LogP contribution in [0.1, 0.15) is 45.8 Å². The first-order chi connectivity index (χ1) is 8.70. The molecule has 1 rings (SSSR count). The van der Waals surface area contributed by atoms with Crippen LogP contribution in [0, 0.1) is 22.2 Å². The number of rotatable bonds is 4. The Morgan fingerprint density at radius 3 is 2.05 bits per heavy atom. The van der Waals surface area contributed by atoms with Gasteiger partial charge in [-0.15, -0.1) is 0 Å². The summed E-state index contributed by atoms with van der Waals surface area (Å²) in [6.07, 6.45) is -1.31. The second-order valence-electron chi connectivity index (χ2n) is 6.43. The van der Waals surface area contributed by atoms with Crippen molar-refractivity contribution in [3.63, 3.8) is 0 Å². The zero-order valence-electron chi connectivity index (χ0n) is 12.1. The molecule has 3 atom stereocenters. The minimum Gasteiger partial charge on any atom is -0.393 e. The summed E-state index contributed by atoms with van der Waals surface area (Å²) in [5.41, 5.74) is -0.615. The second-order valence-corrected chi connectivity index (χ2v) is 6.43. The SMILES string of the molecule is CC(C)(C)[C@@H](O)C[C@](C)(C#N)[C@H](O)c1ccccc1. The molecule has 0 aliphatic heterocycles. The Bertz CT molecular complexity index is 444. The number of nitriles is 1. The van der Waals surface area contributed by atoms with Gasteiger partial charge in [0, 0.05) is 0 Å². The largest absolute Gasteiger partial charge is 0.393 e. The fourth-order valence-electron chi connectivity index (χ4n) is 1.93. The van der Waals surface area contributed by atoms with Gasteiger partial charge in [-0.25, -0.2) is 0 Å². The van der Waals surface area contributed by atoms with Crippen molar-refractivity contribution < 1.29 is 10.2 Å². The van der Waals surface area contributed by atoms with Crippen molar-refractivity contribution >= 4 is 0 Å². The first-order valence-corrected chi connectivity index (χ1v) is 6.53. The molecule has 0 spiro atoms. The molecule has 3 nitrogen and oxygen atoms in total. The monoisotopic (exact) mass is 261 g/mol. The number of nitrogens with zero attached hydrogens (tertiary/aromatic N) is 1. The molecule has 19 heavy (non-hydrogen) atoms. The summed E-state index contributed by atoms with van der Waals surface area (Å²) >= 11 is 0. The van der Waals surface area contributed by atoms with E-state index >= 15 is 0 Å². The van der Waals surface area contributed by atoms with E-state index in [1.165, 1.54) is 0 Å². The quantitative estimate of drug-likeness (QED) is 0.875. The molecule has 1 aromatic rings. The molecule has 3 heteroatoms. The number of aliphatic hydroxyl groups excluding tert-OH is 2. The van der Waals surface area contributed by atoms with Crippen molar-refractivity contribution in [3.05, 3.63) is 35.9 Å². The molecule has 0 fully saturated rings. The third kappa shape index (κ3) is 3.79. The molecule has 1 aromatic carbocycles. The molecule has 0 heterocycles. The van der Waals surface area contributed by atoms with Crippen LogP contribution >= 0.6 is 0 Å². The topological polar surface area (TPSA) is 64.2 Å². The first kappa shape index (κ1) is 15.7. The Hall–Kier alpha value is -1.37. The lowest BCUT2D eigenvalue weighted by molar-refractivity contribution is -0.0113. The molecule has 0 unspecified atom stereocenters. The van der Waals surface area contributed by atoms with Gasteiger partial charge in [0.1, 0.15) is 0 Å². The predicted molar refractivity (Wildman–Crippen MR) is 75.2 cm³/mol. The minimum absolute atomic E-state index is 0.239. The Morgan fingerprint density at radius 2 is 1.63 bits per heavy atom. The van der Waals surface area contributed by atoms with Crippen LogP contribution in [-0.2, 0) is 0 Å². The highest BCUT2D eigenvalue weighted by Gasteiger charge is 2.39. The van der Waals surface area contributed by atoms with Crippen LogP contribution in [0.2, 0.25) is 0 Å². The number of hydrogen-bond acceptors (Lipinski definition) is 3. The number of aliphatic hydroxyl groups is 2. The van der Waals surface area contributed by atoms with E-state index in [1.54, 1.807) is 19.1 Å². The minimum atomic E-state index is -1.01. The van der Waals surface area contributed by atoms with E-state index in [2.05, 4.69) is 6.07 Å². The van der Waals surface area contributed by atoms with Crippen LogP contribution < -0.4 is 0 Å². The summed E-state index contributed by atoms with van der Waals surface area (Å²) in [7, 11) is 0. The highest BCUT2D eigenvalue weighted by atomic mass is 16.3. The third-order valence-corrected chi connectivity index (χ3v) is 3.59. The lowest BCUT2D eigenvalue weighted by atomic mass is 9.73. The fraction of sp³-hybridized carbons (Fsp3) is 0.562. The molecule has 0 saturated carbocycles. The van der Waals surface area contributed by atoms with E-state index in [-0.39, 0.29) is 11.8 Å². The van der Waals surface area contributed by atoms with Crippen molar-refractivity contribution in [2.24, 2.45) is 10.8 Å². The van der Waals surface area contributed by atoms with E-state index in [9.17, 15) is 15.5 Å². The molecule has 0 aliphatic carbocycles. The van der Waals surface area contributed by atoms with Crippen molar-refractivity contribution in [1.29, 1.82) is 5.26 Å². The molecule has 0 bridgehead atoms. The average Bonchev–Trinajstić information content (AvgIpc) is 2.37. The molecule has 2 N–H and O–H groups in total. The van der Waals surface area contributed by atoms with E-state index in [0.29, 0.717) is 5.56 Å².